The number of hydrogen-bond acceptors (Lipinski definition) is 4. The van der Waals surface area contributed by atoms with E-state index in [0.29, 0.717) is 12.2 Å². The number of aliphatic hydroxyl groups is 1. The highest BCUT2D eigenvalue weighted by Gasteiger charge is 2.43. The molecule has 1 aliphatic heterocycles. The molecule has 5 nitrogen and oxygen atoms in total. The highest BCUT2D eigenvalue weighted by atomic mass is 32.2. The second-order valence-electron chi connectivity index (χ2n) is 7.05. The van der Waals surface area contributed by atoms with E-state index in [4.69, 9.17) is 4.74 Å². The zero-order valence-electron chi connectivity index (χ0n) is 15.3. The van der Waals surface area contributed by atoms with Gasteiger partial charge in [-0.2, -0.15) is 4.31 Å². The van der Waals surface area contributed by atoms with Crippen molar-refractivity contribution in [1.29, 1.82) is 0 Å². The molecule has 1 fully saturated rings. The summed E-state index contributed by atoms with van der Waals surface area (Å²) in [5.74, 6) is 0.527. The molecule has 3 rings (SSSR count). The van der Waals surface area contributed by atoms with Gasteiger partial charge in [0.2, 0.25) is 10.0 Å². The number of nitrogens with zero attached hydrogens (tertiary/aromatic N) is 1. The van der Waals surface area contributed by atoms with Gasteiger partial charge in [0.05, 0.1) is 7.11 Å². The number of hydrogen-bond donors (Lipinski definition) is 1. The van der Waals surface area contributed by atoms with Gasteiger partial charge in [-0.05, 0) is 35.6 Å². The zero-order chi connectivity index (χ0) is 18.9. The molecular formula is C20H25NO4S. The monoisotopic (exact) mass is 375 g/mol. The largest absolute Gasteiger partial charge is 0.495 e. The average molecular weight is 375 g/mol. The molecule has 1 aliphatic rings. The summed E-state index contributed by atoms with van der Waals surface area (Å²) in [6, 6.07) is 14.5. The van der Waals surface area contributed by atoms with Gasteiger partial charge in [0.25, 0.3) is 0 Å². The molecule has 26 heavy (non-hydrogen) atoms. The van der Waals surface area contributed by atoms with Crippen molar-refractivity contribution < 1.29 is 18.3 Å². The minimum Gasteiger partial charge on any atom is -0.495 e. The van der Waals surface area contributed by atoms with Crippen LogP contribution in [0.2, 0.25) is 0 Å². The molecule has 2 aromatic carbocycles. The molecule has 0 bridgehead atoms. The van der Waals surface area contributed by atoms with Gasteiger partial charge in [0, 0.05) is 13.1 Å². The Hall–Kier alpha value is -1.89. The molecule has 0 saturated carbocycles. The lowest BCUT2D eigenvalue weighted by Gasteiger charge is -2.24. The molecule has 0 aromatic heterocycles. The summed E-state index contributed by atoms with van der Waals surface area (Å²) < 4.78 is 33.1. The molecule has 1 heterocycles. The van der Waals surface area contributed by atoms with Crippen molar-refractivity contribution >= 4 is 10.0 Å². The number of rotatable bonds is 5. The van der Waals surface area contributed by atoms with Crippen molar-refractivity contribution in [3.63, 3.8) is 0 Å². The van der Waals surface area contributed by atoms with Crippen molar-refractivity contribution in [3.8, 4) is 5.75 Å². The fourth-order valence-electron chi connectivity index (χ4n) is 3.34. The van der Waals surface area contributed by atoms with Crippen molar-refractivity contribution in [2.24, 2.45) is 0 Å². The molecule has 1 unspecified atom stereocenters. The van der Waals surface area contributed by atoms with Gasteiger partial charge in [-0.25, -0.2) is 8.42 Å². The molecule has 0 amide bonds. The van der Waals surface area contributed by atoms with E-state index in [-0.39, 0.29) is 23.9 Å². The van der Waals surface area contributed by atoms with Gasteiger partial charge in [-0.15, -0.1) is 0 Å². The van der Waals surface area contributed by atoms with Crippen molar-refractivity contribution in [3.05, 3.63) is 59.7 Å². The van der Waals surface area contributed by atoms with Crippen LogP contribution >= 0.6 is 0 Å². The highest BCUT2D eigenvalue weighted by molar-refractivity contribution is 7.89. The minimum absolute atomic E-state index is 0.0361. The van der Waals surface area contributed by atoms with Crippen LogP contribution in [0, 0.1) is 0 Å². The molecule has 1 atom stereocenters. The third kappa shape index (κ3) is 3.37. The van der Waals surface area contributed by atoms with E-state index in [1.165, 1.54) is 11.4 Å². The Labute approximate surface area is 155 Å². The maximum Gasteiger partial charge on any atom is 0.246 e. The first-order chi connectivity index (χ1) is 12.3. The number of benzene rings is 2. The molecule has 0 aliphatic carbocycles. The summed E-state index contributed by atoms with van der Waals surface area (Å²) in [6.45, 7) is 4.33. The predicted octanol–water partition coefficient (Wildman–Crippen LogP) is 3.10. The van der Waals surface area contributed by atoms with Crippen LogP contribution in [0.5, 0.6) is 5.75 Å². The summed E-state index contributed by atoms with van der Waals surface area (Å²) in [7, 11) is -2.30. The lowest BCUT2D eigenvalue weighted by molar-refractivity contribution is 0.0531. The topological polar surface area (TPSA) is 66.8 Å². The van der Waals surface area contributed by atoms with Gasteiger partial charge in [-0.3, -0.25) is 0 Å². The van der Waals surface area contributed by atoms with Crippen LogP contribution in [0.25, 0.3) is 0 Å². The number of sulfonamides is 1. The first kappa shape index (κ1) is 18.9. The lowest BCUT2D eigenvalue weighted by Crippen LogP contribution is -2.34. The Morgan fingerprint density at radius 1 is 1.15 bits per heavy atom. The summed E-state index contributed by atoms with van der Waals surface area (Å²) >= 11 is 0. The molecule has 140 valence electrons. The Kier molecular flexibility index (Phi) is 5.10. The van der Waals surface area contributed by atoms with E-state index in [9.17, 15) is 13.5 Å². The third-order valence-corrected chi connectivity index (χ3v) is 6.86. The fraction of sp³-hybridized carbons (Fsp3) is 0.400. The Balaban J connectivity index is 1.96. The Morgan fingerprint density at radius 2 is 1.85 bits per heavy atom. The summed E-state index contributed by atoms with van der Waals surface area (Å²) in [5, 5.41) is 11.0. The molecule has 0 spiro atoms. The Morgan fingerprint density at radius 3 is 2.46 bits per heavy atom. The zero-order valence-corrected chi connectivity index (χ0v) is 16.2. The summed E-state index contributed by atoms with van der Waals surface area (Å²) in [4.78, 5) is 0.156. The van der Waals surface area contributed by atoms with Crippen LogP contribution in [0.15, 0.2) is 53.4 Å². The summed E-state index contributed by atoms with van der Waals surface area (Å²) in [5.41, 5.74) is 0.500. The molecule has 6 heteroatoms. The quantitative estimate of drug-likeness (QED) is 0.872. The average Bonchev–Trinajstić information content (AvgIpc) is 3.06. The van der Waals surface area contributed by atoms with Crippen LogP contribution in [0.3, 0.4) is 0 Å². The van der Waals surface area contributed by atoms with Crippen molar-refractivity contribution in [2.45, 2.75) is 36.7 Å². The van der Waals surface area contributed by atoms with Crippen LogP contribution < -0.4 is 4.74 Å². The SMILES string of the molecule is COc1ccc(C(C)C)cc1S(=O)(=O)N1CCC(O)(c2ccccc2)C1. The third-order valence-electron chi connectivity index (χ3n) is 5.00. The van der Waals surface area contributed by atoms with Crippen LogP contribution in [-0.4, -0.2) is 38.0 Å². The first-order valence-electron chi connectivity index (χ1n) is 8.74. The molecular weight excluding hydrogens is 350 g/mol. The lowest BCUT2D eigenvalue weighted by atomic mass is 9.93. The Bertz CT molecular complexity index is 880. The van der Waals surface area contributed by atoms with Crippen LogP contribution in [0.1, 0.15) is 37.3 Å². The van der Waals surface area contributed by atoms with E-state index in [1.807, 2.05) is 50.2 Å². The van der Waals surface area contributed by atoms with Gasteiger partial charge in [-0.1, -0.05) is 50.2 Å². The van der Waals surface area contributed by atoms with E-state index in [0.717, 1.165) is 11.1 Å². The van der Waals surface area contributed by atoms with Crippen molar-refractivity contribution in [2.75, 3.05) is 20.2 Å². The molecule has 0 radical (unpaired) electrons. The van der Waals surface area contributed by atoms with Crippen molar-refractivity contribution in [1.82, 2.24) is 4.31 Å². The van der Waals surface area contributed by atoms with E-state index < -0.39 is 15.6 Å². The van der Waals surface area contributed by atoms with E-state index >= 15 is 0 Å². The number of β-amino-alcohol motifs (C(OH)–C–C–N with tert-alkyl or cyclic N) is 1. The second-order valence-corrected chi connectivity index (χ2v) is 8.96. The van der Waals surface area contributed by atoms with Gasteiger partial charge in [0.1, 0.15) is 16.2 Å². The standard InChI is InChI=1S/C20H25NO4S/c1-15(2)16-9-10-18(25-3)19(13-16)26(23,24)21-12-11-20(22,14-21)17-7-5-4-6-8-17/h4-10,13,15,22H,11-12,14H2,1-3H3. The van der Waals surface area contributed by atoms with E-state index in [1.54, 1.807) is 12.1 Å². The number of methoxy groups -OCH3 is 1. The van der Waals surface area contributed by atoms with Crippen LogP contribution in [-0.2, 0) is 15.6 Å². The van der Waals surface area contributed by atoms with Crippen LogP contribution in [0.4, 0.5) is 0 Å². The first-order valence-corrected chi connectivity index (χ1v) is 10.2. The van der Waals surface area contributed by atoms with Gasteiger partial charge < -0.3 is 9.84 Å². The second kappa shape index (κ2) is 7.02. The van der Waals surface area contributed by atoms with Gasteiger partial charge >= 0.3 is 0 Å². The smallest absolute Gasteiger partial charge is 0.246 e. The highest BCUT2D eigenvalue weighted by Crippen LogP contribution is 2.37. The number of ether oxygens (including phenoxy) is 1. The molecule has 2 aromatic rings. The normalized spacial score (nSPS) is 21.3. The molecule has 1 N–H and O–H groups in total. The van der Waals surface area contributed by atoms with Gasteiger partial charge in [0.15, 0.2) is 0 Å². The predicted molar refractivity (Wildman–Crippen MR) is 101 cm³/mol. The fourth-order valence-corrected chi connectivity index (χ4v) is 5.03. The minimum atomic E-state index is -3.77. The maximum atomic E-state index is 13.2. The maximum absolute atomic E-state index is 13.2. The summed E-state index contributed by atoms with van der Waals surface area (Å²) in [6.07, 6.45) is 0.364. The van der Waals surface area contributed by atoms with E-state index in [2.05, 4.69) is 0 Å². The molecule has 1 saturated heterocycles.